The Balaban J connectivity index is 1.30. The Kier molecular flexibility index (Phi) is 5.46. The molecule has 0 amide bonds. The van der Waals surface area contributed by atoms with Gasteiger partial charge >= 0.3 is 0 Å². The van der Waals surface area contributed by atoms with Crippen LogP contribution in [-0.4, -0.2) is 42.8 Å². The Morgan fingerprint density at radius 3 is 2.57 bits per heavy atom. The molecular weight excluding hydrogens is 376 g/mol. The highest BCUT2D eigenvalue weighted by atomic mass is 16.7. The molecule has 7 heteroatoms. The minimum atomic E-state index is 0.160. The second-order valence-corrected chi connectivity index (χ2v) is 7.54. The smallest absolute Gasteiger partial charge is 0.158 e. The molecule has 2 aromatic carbocycles. The molecular formula is C23H26N6O. The fourth-order valence-corrected chi connectivity index (χ4v) is 4.04. The van der Waals surface area contributed by atoms with Gasteiger partial charge in [0.2, 0.25) is 0 Å². The molecule has 2 aliphatic heterocycles. The number of rotatable bonds is 5. The van der Waals surface area contributed by atoms with Crippen LogP contribution < -0.4 is 20.6 Å². The van der Waals surface area contributed by atoms with Crippen molar-refractivity contribution in [1.82, 2.24) is 15.3 Å². The van der Waals surface area contributed by atoms with E-state index in [4.69, 9.17) is 4.84 Å². The lowest BCUT2D eigenvalue weighted by Gasteiger charge is -2.29. The van der Waals surface area contributed by atoms with E-state index in [0.717, 1.165) is 49.9 Å². The van der Waals surface area contributed by atoms with Crippen molar-refractivity contribution in [1.29, 1.82) is 0 Å². The van der Waals surface area contributed by atoms with E-state index in [-0.39, 0.29) is 6.04 Å². The van der Waals surface area contributed by atoms with Crippen LogP contribution in [0.15, 0.2) is 67.0 Å². The number of benzene rings is 2. The van der Waals surface area contributed by atoms with Gasteiger partial charge in [-0.05, 0) is 29.8 Å². The van der Waals surface area contributed by atoms with E-state index in [9.17, 15) is 0 Å². The quantitative estimate of drug-likeness (QED) is 0.677. The fourth-order valence-electron chi connectivity index (χ4n) is 4.04. The lowest BCUT2D eigenvalue weighted by Crippen LogP contribution is -2.43. The number of hydrogen-bond donors (Lipinski definition) is 2. The highest BCUT2D eigenvalue weighted by molar-refractivity contribution is 5.62. The van der Waals surface area contributed by atoms with E-state index >= 15 is 0 Å². The molecule has 0 saturated carbocycles. The third kappa shape index (κ3) is 4.08. The summed E-state index contributed by atoms with van der Waals surface area (Å²) >= 11 is 0. The molecule has 0 radical (unpaired) electrons. The molecule has 2 aliphatic rings. The van der Waals surface area contributed by atoms with Crippen molar-refractivity contribution in [3.05, 3.63) is 72.6 Å². The van der Waals surface area contributed by atoms with Crippen LogP contribution >= 0.6 is 0 Å². The first kappa shape index (κ1) is 18.8. The second kappa shape index (κ2) is 8.69. The summed E-state index contributed by atoms with van der Waals surface area (Å²) in [6.45, 7) is 4.83. The molecule has 2 saturated heterocycles. The van der Waals surface area contributed by atoms with Gasteiger partial charge in [0.05, 0.1) is 12.6 Å². The molecule has 1 atom stereocenters. The number of nitrogens with one attached hydrogen (secondary N) is 2. The summed E-state index contributed by atoms with van der Waals surface area (Å²) < 4.78 is 0. The van der Waals surface area contributed by atoms with Crippen molar-refractivity contribution in [2.24, 2.45) is 0 Å². The molecule has 2 N–H and O–H groups in total. The lowest BCUT2D eigenvalue weighted by molar-refractivity contribution is 0.157. The SMILES string of the molecule is c1ccc([C@H]2CCON2c2cc(Nc3ccc(N4CCNCC4)cc3)ncn2)cc1. The van der Waals surface area contributed by atoms with Gasteiger partial charge in [-0.25, -0.2) is 15.0 Å². The van der Waals surface area contributed by atoms with Crippen LogP contribution in [0.25, 0.3) is 0 Å². The molecule has 5 rings (SSSR count). The van der Waals surface area contributed by atoms with E-state index in [0.29, 0.717) is 6.61 Å². The molecule has 3 aromatic rings. The van der Waals surface area contributed by atoms with Crippen LogP contribution in [-0.2, 0) is 4.84 Å². The Hall–Kier alpha value is -3.16. The number of nitrogens with zero attached hydrogens (tertiary/aromatic N) is 4. The van der Waals surface area contributed by atoms with Crippen molar-refractivity contribution < 1.29 is 4.84 Å². The van der Waals surface area contributed by atoms with E-state index in [1.54, 1.807) is 6.33 Å². The maximum atomic E-state index is 5.90. The van der Waals surface area contributed by atoms with Crippen LogP contribution in [0, 0.1) is 0 Å². The number of anilines is 4. The molecule has 0 unspecified atom stereocenters. The summed E-state index contributed by atoms with van der Waals surface area (Å²) in [5, 5.41) is 8.67. The summed E-state index contributed by atoms with van der Waals surface area (Å²) in [6.07, 6.45) is 2.51. The number of piperazine rings is 1. The average Bonchev–Trinajstić information content (AvgIpc) is 3.31. The molecule has 2 fully saturated rings. The predicted octanol–water partition coefficient (Wildman–Crippen LogP) is 3.51. The molecule has 3 heterocycles. The van der Waals surface area contributed by atoms with Gasteiger partial charge in [0.15, 0.2) is 5.82 Å². The van der Waals surface area contributed by atoms with Crippen molar-refractivity contribution in [3.8, 4) is 0 Å². The molecule has 7 nitrogen and oxygen atoms in total. The van der Waals surface area contributed by atoms with Crippen molar-refractivity contribution in [2.75, 3.05) is 48.1 Å². The van der Waals surface area contributed by atoms with Crippen molar-refractivity contribution in [3.63, 3.8) is 0 Å². The van der Waals surface area contributed by atoms with Crippen molar-refractivity contribution in [2.45, 2.75) is 12.5 Å². The first-order valence-corrected chi connectivity index (χ1v) is 10.5. The largest absolute Gasteiger partial charge is 0.369 e. The summed E-state index contributed by atoms with van der Waals surface area (Å²) in [5.41, 5.74) is 3.48. The zero-order valence-electron chi connectivity index (χ0n) is 16.9. The number of hydrogen-bond acceptors (Lipinski definition) is 7. The molecule has 0 bridgehead atoms. The number of aromatic nitrogens is 2. The lowest BCUT2D eigenvalue weighted by atomic mass is 10.0. The standard InChI is InChI=1S/C23H26N6O/c1-2-4-18(5-3-1)21-10-15-30-29(21)23-16-22(25-17-26-23)27-19-6-8-20(9-7-19)28-13-11-24-12-14-28/h1-9,16-17,21,24H,10-15H2,(H,25,26,27)/t21-/m1/s1. The fraction of sp³-hybridized carbons (Fsp3) is 0.304. The van der Waals surface area contributed by atoms with E-state index in [1.165, 1.54) is 11.3 Å². The Labute approximate surface area is 176 Å². The monoisotopic (exact) mass is 402 g/mol. The molecule has 0 spiro atoms. The summed E-state index contributed by atoms with van der Waals surface area (Å²) in [6, 6.07) is 21.0. The van der Waals surface area contributed by atoms with Gasteiger partial charge in [0.25, 0.3) is 0 Å². The summed E-state index contributed by atoms with van der Waals surface area (Å²) in [5.74, 6) is 1.51. The molecule has 0 aliphatic carbocycles. The van der Waals surface area contributed by atoms with E-state index in [1.807, 2.05) is 17.2 Å². The Bertz CT molecular complexity index is 959. The first-order chi connectivity index (χ1) is 14.9. The zero-order chi connectivity index (χ0) is 20.2. The van der Waals surface area contributed by atoms with Crippen LogP contribution in [0.5, 0.6) is 0 Å². The van der Waals surface area contributed by atoms with Gasteiger partial charge in [0.1, 0.15) is 12.1 Å². The second-order valence-electron chi connectivity index (χ2n) is 7.54. The predicted molar refractivity (Wildman–Crippen MR) is 119 cm³/mol. The maximum absolute atomic E-state index is 5.90. The van der Waals surface area contributed by atoms with Gasteiger partial charge in [-0.15, -0.1) is 0 Å². The third-order valence-corrected chi connectivity index (χ3v) is 5.59. The highest BCUT2D eigenvalue weighted by Gasteiger charge is 2.29. The van der Waals surface area contributed by atoms with Crippen LogP contribution in [0.1, 0.15) is 18.0 Å². The molecule has 154 valence electrons. The van der Waals surface area contributed by atoms with Crippen LogP contribution in [0.3, 0.4) is 0 Å². The van der Waals surface area contributed by atoms with Gasteiger partial charge in [-0.2, -0.15) is 0 Å². The van der Waals surface area contributed by atoms with Crippen LogP contribution in [0.2, 0.25) is 0 Å². The Morgan fingerprint density at radius 1 is 0.967 bits per heavy atom. The number of hydroxylamine groups is 1. The van der Waals surface area contributed by atoms with Crippen LogP contribution in [0.4, 0.5) is 23.0 Å². The third-order valence-electron chi connectivity index (χ3n) is 5.59. The van der Waals surface area contributed by atoms with Gasteiger partial charge < -0.3 is 15.5 Å². The zero-order valence-corrected chi connectivity index (χ0v) is 16.9. The van der Waals surface area contributed by atoms with E-state index < -0.39 is 0 Å². The van der Waals surface area contributed by atoms with Gasteiger partial charge in [0, 0.05) is 50.0 Å². The molecule has 30 heavy (non-hydrogen) atoms. The molecule has 1 aromatic heterocycles. The van der Waals surface area contributed by atoms with Gasteiger partial charge in [-0.1, -0.05) is 30.3 Å². The normalized spacial score (nSPS) is 19.1. The minimum Gasteiger partial charge on any atom is -0.369 e. The summed E-state index contributed by atoms with van der Waals surface area (Å²) in [4.78, 5) is 17.1. The van der Waals surface area contributed by atoms with Gasteiger partial charge in [-0.3, -0.25) is 4.84 Å². The summed E-state index contributed by atoms with van der Waals surface area (Å²) in [7, 11) is 0. The Morgan fingerprint density at radius 2 is 1.77 bits per heavy atom. The van der Waals surface area contributed by atoms with Crippen molar-refractivity contribution >= 4 is 23.0 Å². The highest BCUT2D eigenvalue weighted by Crippen LogP contribution is 2.34. The maximum Gasteiger partial charge on any atom is 0.158 e. The first-order valence-electron chi connectivity index (χ1n) is 10.5. The topological polar surface area (TPSA) is 65.6 Å². The van der Waals surface area contributed by atoms with E-state index in [2.05, 4.69) is 74.0 Å². The minimum absolute atomic E-state index is 0.160. The average molecular weight is 403 g/mol.